The van der Waals surface area contributed by atoms with E-state index in [1.165, 1.54) is 5.56 Å². The summed E-state index contributed by atoms with van der Waals surface area (Å²) in [5.74, 6) is 0.685. The summed E-state index contributed by atoms with van der Waals surface area (Å²) in [7, 11) is 1.61. The first kappa shape index (κ1) is 15.4. The summed E-state index contributed by atoms with van der Waals surface area (Å²) >= 11 is 3.45. The fourth-order valence-electron chi connectivity index (χ4n) is 2.18. The van der Waals surface area contributed by atoms with E-state index in [-0.39, 0.29) is 6.04 Å². The molecule has 0 aliphatic carbocycles. The van der Waals surface area contributed by atoms with Crippen molar-refractivity contribution in [3.8, 4) is 11.8 Å². The monoisotopic (exact) mass is 344 g/mol. The molecule has 0 aliphatic heterocycles. The second kappa shape index (κ2) is 7.14. The average molecular weight is 345 g/mol. The largest absolute Gasteiger partial charge is 0.495 e. The molecule has 0 spiro atoms. The van der Waals surface area contributed by atoms with Gasteiger partial charge in [0.2, 0.25) is 0 Å². The van der Waals surface area contributed by atoms with E-state index in [1.54, 1.807) is 19.2 Å². The minimum Gasteiger partial charge on any atom is -0.495 e. The number of nitrogens with one attached hydrogen (secondary N) is 1. The molecular formula is C17H17BrN2O. The first-order valence-corrected chi connectivity index (χ1v) is 7.57. The molecule has 1 unspecified atom stereocenters. The fourth-order valence-corrected chi connectivity index (χ4v) is 2.45. The van der Waals surface area contributed by atoms with E-state index in [2.05, 4.69) is 46.4 Å². The second-order valence-corrected chi connectivity index (χ2v) is 5.60. The van der Waals surface area contributed by atoms with Gasteiger partial charge in [-0.25, -0.2) is 0 Å². The molecule has 1 atom stereocenters. The van der Waals surface area contributed by atoms with E-state index in [9.17, 15) is 0 Å². The van der Waals surface area contributed by atoms with Crippen LogP contribution >= 0.6 is 15.9 Å². The minimum absolute atomic E-state index is 0.194. The van der Waals surface area contributed by atoms with Gasteiger partial charge in [-0.1, -0.05) is 35.0 Å². The molecule has 2 rings (SSSR count). The van der Waals surface area contributed by atoms with Crippen LogP contribution in [0.1, 0.15) is 30.5 Å². The third-order valence-corrected chi connectivity index (χ3v) is 3.87. The Hall–Kier alpha value is -1.99. The molecular weight excluding hydrogens is 328 g/mol. The molecule has 0 aromatic heterocycles. The Labute approximate surface area is 133 Å². The molecule has 0 radical (unpaired) electrons. The number of rotatable bonds is 5. The lowest BCUT2D eigenvalue weighted by Gasteiger charge is -2.20. The summed E-state index contributed by atoms with van der Waals surface area (Å²) in [6.07, 6.45) is 0.949. The van der Waals surface area contributed by atoms with Crippen molar-refractivity contribution in [3.05, 3.63) is 58.1 Å². The molecule has 2 aromatic rings. The summed E-state index contributed by atoms with van der Waals surface area (Å²) in [5, 5.41) is 12.4. The van der Waals surface area contributed by atoms with Gasteiger partial charge in [0.1, 0.15) is 5.75 Å². The second-order valence-electron chi connectivity index (χ2n) is 4.68. The van der Waals surface area contributed by atoms with Gasteiger partial charge in [-0.3, -0.25) is 0 Å². The Morgan fingerprint density at radius 3 is 2.52 bits per heavy atom. The van der Waals surface area contributed by atoms with Gasteiger partial charge >= 0.3 is 0 Å². The third kappa shape index (κ3) is 3.77. The molecule has 108 valence electrons. The predicted molar refractivity (Wildman–Crippen MR) is 88.5 cm³/mol. The lowest BCUT2D eigenvalue weighted by Crippen LogP contribution is -2.10. The molecule has 0 amide bonds. The van der Waals surface area contributed by atoms with Crippen molar-refractivity contribution < 1.29 is 4.74 Å². The summed E-state index contributed by atoms with van der Waals surface area (Å²) < 4.78 is 6.43. The number of anilines is 1. The third-order valence-electron chi connectivity index (χ3n) is 3.34. The highest BCUT2D eigenvalue weighted by Crippen LogP contribution is 2.30. The molecule has 4 heteroatoms. The maximum atomic E-state index is 8.95. The number of nitriles is 1. The lowest BCUT2D eigenvalue weighted by molar-refractivity contribution is 0.415. The number of benzene rings is 2. The zero-order valence-corrected chi connectivity index (χ0v) is 13.6. The van der Waals surface area contributed by atoms with Crippen molar-refractivity contribution in [2.75, 3.05) is 12.4 Å². The Morgan fingerprint density at radius 1 is 1.24 bits per heavy atom. The quantitative estimate of drug-likeness (QED) is 0.839. The first-order chi connectivity index (χ1) is 10.2. The summed E-state index contributed by atoms with van der Waals surface area (Å²) in [4.78, 5) is 0. The Morgan fingerprint density at radius 2 is 1.95 bits per heavy atom. The highest BCUT2D eigenvalue weighted by molar-refractivity contribution is 9.10. The number of halogens is 1. The molecule has 0 aliphatic rings. The molecule has 0 saturated carbocycles. The van der Waals surface area contributed by atoms with Gasteiger partial charge in [-0.2, -0.15) is 5.26 Å². The van der Waals surface area contributed by atoms with Crippen LogP contribution in [0.15, 0.2) is 46.9 Å². The van der Waals surface area contributed by atoms with Crippen molar-refractivity contribution in [2.45, 2.75) is 19.4 Å². The van der Waals surface area contributed by atoms with E-state index in [1.807, 2.05) is 18.2 Å². The van der Waals surface area contributed by atoms with Crippen LogP contribution in [0.2, 0.25) is 0 Å². The molecule has 21 heavy (non-hydrogen) atoms. The molecule has 0 fully saturated rings. The number of hydrogen-bond acceptors (Lipinski definition) is 3. The van der Waals surface area contributed by atoms with Crippen LogP contribution in [-0.4, -0.2) is 7.11 Å². The fraction of sp³-hybridized carbons (Fsp3) is 0.235. The summed E-state index contributed by atoms with van der Waals surface area (Å²) in [6, 6.07) is 16.0. The van der Waals surface area contributed by atoms with Gasteiger partial charge in [0.05, 0.1) is 30.5 Å². The summed E-state index contributed by atoms with van der Waals surface area (Å²) in [6.45, 7) is 2.13. The maximum Gasteiger partial charge on any atom is 0.143 e. The molecule has 1 N–H and O–H groups in total. The average Bonchev–Trinajstić information content (AvgIpc) is 2.53. The van der Waals surface area contributed by atoms with Gasteiger partial charge in [0.15, 0.2) is 0 Å². The zero-order valence-electron chi connectivity index (χ0n) is 12.1. The van der Waals surface area contributed by atoms with Gasteiger partial charge in [0, 0.05) is 10.5 Å². The standard InChI is InChI=1S/C17H17BrN2O/c1-3-15(13-5-7-14(18)8-6-13)20-16-9-4-12(11-19)10-17(16)21-2/h4-10,15,20H,3H2,1-2H3. The summed E-state index contributed by atoms with van der Waals surface area (Å²) in [5.41, 5.74) is 2.70. The Kier molecular flexibility index (Phi) is 5.24. The van der Waals surface area contributed by atoms with Crippen LogP contribution < -0.4 is 10.1 Å². The van der Waals surface area contributed by atoms with E-state index in [0.29, 0.717) is 11.3 Å². The van der Waals surface area contributed by atoms with Crippen LogP contribution in [0.5, 0.6) is 5.75 Å². The van der Waals surface area contributed by atoms with E-state index in [0.717, 1.165) is 16.6 Å². The zero-order chi connectivity index (χ0) is 15.2. The molecule has 3 nitrogen and oxygen atoms in total. The SMILES string of the molecule is CCC(Nc1ccc(C#N)cc1OC)c1ccc(Br)cc1. The van der Waals surface area contributed by atoms with Crippen LogP contribution in [0.4, 0.5) is 5.69 Å². The van der Waals surface area contributed by atoms with Crippen LogP contribution in [0.3, 0.4) is 0 Å². The van der Waals surface area contributed by atoms with Crippen molar-refractivity contribution in [3.63, 3.8) is 0 Å². The lowest BCUT2D eigenvalue weighted by atomic mass is 10.0. The molecule has 0 bridgehead atoms. The Bertz CT molecular complexity index is 647. The number of ether oxygens (including phenoxy) is 1. The van der Waals surface area contributed by atoms with Crippen molar-refractivity contribution >= 4 is 21.6 Å². The highest BCUT2D eigenvalue weighted by atomic mass is 79.9. The van der Waals surface area contributed by atoms with Crippen LogP contribution in [-0.2, 0) is 0 Å². The van der Waals surface area contributed by atoms with Crippen molar-refractivity contribution in [1.82, 2.24) is 0 Å². The van der Waals surface area contributed by atoms with E-state index >= 15 is 0 Å². The van der Waals surface area contributed by atoms with Gasteiger partial charge in [0.25, 0.3) is 0 Å². The molecule has 0 heterocycles. The Balaban J connectivity index is 2.26. The van der Waals surface area contributed by atoms with Crippen molar-refractivity contribution in [1.29, 1.82) is 5.26 Å². The molecule has 2 aromatic carbocycles. The molecule has 0 saturated heterocycles. The normalized spacial score (nSPS) is 11.5. The minimum atomic E-state index is 0.194. The van der Waals surface area contributed by atoms with Gasteiger partial charge in [-0.15, -0.1) is 0 Å². The van der Waals surface area contributed by atoms with Gasteiger partial charge < -0.3 is 10.1 Å². The smallest absolute Gasteiger partial charge is 0.143 e. The van der Waals surface area contributed by atoms with E-state index in [4.69, 9.17) is 10.00 Å². The highest BCUT2D eigenvalue weighted by Gasteiger charge is 2.12. The van der Waals surface area contributed by atoms with Crippen molar-refractivity contribution in [2.24, 2.45) is 0 Å². The first-order valence-electron chi connectivity index (χ1n) is 6.78. The number of hydrogen-bond donors (Lipinski definition) is 1. The van der Waals surface area contributed by atoms with Crippen LogP contribution in [0, 0.1) is 11.3 Å². The van der Waals surface area contributed by atoms with E-state index < -0.39 is 0 Å². The number of methoxy groups -OCH3 is 1. The van der Waals surface area contributed by atoms with Crippen LogP contribution in [0.25, 0.3) is 0 Å². The topological polar surface area (TPSA) is 45.0 Å². The maximum absolute atomic E-state index is 8.95. The number of nitrogens with zero attached hydrogens (tertiary/aromatic N) is 1. The predicted octanol–water partition coefficient (Wildman–Crippen LogP) is 4.89. The van der Waals surface area contributed by atoms with Gasteiger partial charge in [-0.05, 0) is 36.2 Å².